The second kappa shape index (κ2) is 21.7. The van der Waals surface area contributed by atoms with Gasteiger partial charge in [-0.2, -0.15) is 0 Å². The number of aromatic nitrogens is 4. The fourth-order valence-corrected chi connectivity index (χ4v) is 11.6. The molecule has 0 aliphatic carbocycles. The molecule has 0 radical (unpaired) electrons. The van der Waals surface area contributed by atoms with Gasteiger partial charge in [0, 0.05) is 18.7 Å². The zero-order valence-electron chi connectivity index (χ0n) is 41.0. The van der Waals surface area contributed by atoms with Gasteiger partial charge in [0.25, 0.3) is 0 Å². The molecule has 2 N–H and O–H groups in total. The van der Waals surface area contributed by atoms with Gasteiger partial charge in [0.15, 0.2) is 5.69 Å². The molecule has 2 aromatic heterocycles. The Labute approximate surface area is 422 Å². The predicted molar refractivity (Wildman–Crippen MR) is 279 cm³/mol. The minimum atomic E-state index is -0.523. The van der Waals surface area contributed by atoms with Gasteiger partial charge < -0.3 is 24.5 Å². The summed E-state index contributed by atoms with van der Waals surface area (Å²) in [6, 6.07) is 45.5. The number of nitrogens with one attached hydrogen (secondary N) is 2. The molecule has 368 valence electrons. The van der Waals surface area contributed by atoms with Gasteiger partial charge in [-0.25, -0.2) is 14.8 Å². The molecule has 2 amide bonds. The number of piperidine rings is 2. The third kappa shape index (κ3) is 10.0. The van der Waals surface area contributed by atoms with Crippen LogP contribution in [0.3, 0.4) is 0 Å². The largest absolute Gasteiger partial charge is 0.456 e. The zero-order chi connectivity index (χ0) is 48.8. The number of benzene rings is 5. The molecule has 4 fully saturated rings. The summed E-state index contributed by atoms with van der Waals surface area (Å²) in [6.45, 7) is 5.10. The van der Waals surface area contributed by atoms with Crippen molar-refractivity contribution in [3.05, 3.63) is 180 Å². The Kier molecular flexibility index (Phi) is 14.2. The van der Waals surface area contributed by atoms with Gasteiger partial charge in [-0.05, 0) is 111 Å². The monoisotopic (exact) mass is 961 g/mol. The number of aromatic amines is 2. The van der Waals surface area contributed by atoms with Crippen molar-refractivity contribution in [1.29, 1.82) is 0 Å². The number of ether oxygens (including phenoxy) is 1. The molecule has 4 atom stereocenters. The van der Waals surface area contributed by atoms with Crippen LogP contribution < -0.4 is 0 Å². The van der Waals surface area contributed by atoms with E-state index in [1.807, 2.05) is 90.0 Å². The topological polar surface area (TPSA) is 131 Å². The number of H-pyrrole nitrogens is 2. The smallest absolute Gasteiger partial charge is 0.359 e. The average molecular weight is 961 g/mol. The van der Waals surface area contributed by atoms with Gasteiger partial charge in [-0.1, -0.05) is 152 Å². The van der Waals surface area contributed by atoms with Crippen LogP contribution in [0.5, 0.6) is 0 Å². The van der Waals surface area contributed by atoms with Crippen LogP contribution >= 0.6 is 0 Å². The average Bonchev–Trinajstić information content (AvgIpc) is 4.30. The minimum absolute atomic E-state index is 0.0767. The Morgan fingerprint density at radius 3 is 1.51 bits per heavy atom. The van der Waals surface area contributed by atoms with Crippen LogP contribution in [0, 0.1) is 0 Å². The maximum atomic E-state index is 14.8. The lowest BCUT2D eigenvalue weighted by Gasteiger charge is -2.37. The molecular formula is C60H64N8O4. The highest BCUT2D eigenvalue weighted by Gasteiger charge is 2.41. The van der Waals surface area contributed by atoms with Crippen LogP contribution in [0.25, 0.3) is 33.6 Å². The van der Waals surface area contributed by atoms with Crippen molar-refractivity contribution in [2.24, 2.45) is 0 Å². The number of hydrogen-bond acceptors (Lipinski definition) is 8. The van der Waals surface area contributed by atoms with Crippen LogP contribution in [0.15, 0.2) is 146 Å². The molecule has 11 rings (SSSR count). The number of carbonyl (C=O) groups is 3. The van der Waals surface area contributed by atoms with Crippen molar-refractivity contribution >= 4 is 17.8 Å². The van der Waals surface area contributed by atoms with Crippen LogP contribution in [-0.2, 0) is 20.9 Å². The molecule has 0 saturated carbocycles. The third-order valence-electron chi connectivity index (χ3n) is 15.3. The summed E-state index contributed by atoms with van der Waals surface area (Å²) >= 11 is 0. The number of likely N-dealkylation sites (tertiary alicyclic amines) is 4. The van der Waals surface area contributed by atoms with Crippen molar-refractivity contribution in [3.8, 4) is 33.6 Å². The van der Waals surface area contributed by atoms with E-state index < -0.39 is 5.97 Å². The number of esters is 1. The van der Waals surface area contributed by atoms with E-state index in [9.17, 15) is 14.4 Å². The zero-order valence-corrected chi connectivity index (χ0v) is 41.0. The Morgan fingerprint density at radius 2 is 0.986 bits per heavy atom. The van der Waals surface area contributed by atoms with E-state index in [1.54, 1.807) is 0 Å². The van der Waals surface area contributed by atoms with E-state index in [1.165, 1.54) is 12.8 Å². The second-order valence-corrected chi connectivity index (χ2v) is 19.9. The molecular weight excluding hydrogens is 897 g/mol. The lowest BCUT2D eigenvalue weighted by molar-refractivity contribution is -0.139. The summed E-state index contributed by atoms with van der Waals surface area (Å²) < 4.78 is 5.90. The third-order valence-corrected chi connectivity index (χ3v) is 15.3. The molecule has 72 heavy (non-hydrogen) atoms. The summed E-state index contributed by atoms with van der Waals surface area (Å²) in [5.41, 5.74) is 8.49. The molecule has 6 heterocycles. The van der Waals surface area contributed by atoms with E-state index in [0.717, 1.165) is 135 Å². The van der Waals surface area contributed by atoms with Crippen LogP contribution in [-0.4, -0.2) is 96.6 Å². The van der Waals surface area contributed by atoms with E-state index in [0.29, 0.717) is 18.1 Å². The van der Waals surface area contributed by atoms with Crippen molar-refractivity contribution in [1.82, 2.24) is 39.5 Å². The molecule has 0 bridgehead atoms. The van der Waals surface area contributed by atoms with Crippen molar-refractivity contribution < 1.29 is 19.1 Å². The minimum Gasteiger partial charge on any atom is -0.456 e. The number of rotatable bonds is 14. The summed E-state index contributed by atoms with van der Waals surface area (Å²) in [7, 11) is 0. The molecule has 7 aromatic rings. The first-order chi connectivity index (χ1) is 35.5. The highest BCUT2D eigenvalue weighted by molar-refractivity contribution is 5.95. The lowest BCUT2D eigenvalue weighted by Crippen LogP contribution is -2.44. The van der Waals surface area contributed by atoms with E-state index >= 15 is 0 Å². The Balaban J connectivity index is 0.821. The maximum Gasteiger partial charge on any atom is 0.359 e. The molecule has 4 aliphatic heterocycles. The molecule has 0 spiro atoms. The highest BCUT2D eigenvalue weighted by Crippen LogP contribution is 2.39. The first-order valence-corrected chi connectivity index (χ1v) is 26.2. The quantitative estimate of drug-likeness (QED) is 0.103. The number of carbonyl (C=O) groups excluding carboxylic acids is 3. The standard InChI is InChI=1S/C60H64N8O4/c69-58(54(47-20-8-2-9-21-47)65-34-12-4-13-35-65)67-38-16-24-50(67)56-61-40-49(62-56)45-30-26-43(27-31-45)44-28-32-46(33-29-44)52-53(60(71)72-41-42-18-6-1-7-19-42)64-57(63-52)51-25-17-39-68(51)59(70)55(48-22-10-3-11-23-48)66-36-14-5-15-37-66/h1-3,6-11,18-23,26-33,40,50-51,54-55H,4-5,12-17,24-25,34-39,41H2,(H,61,62)(H,63,64)/t50-,51-,54?,55+/m0/s1. The van der Waals surface area contributed by atoms with Crippen LogP contribution in [0.1, 0.15) is 127 Å². The van der Waals surface area contributed by atoms with Gasteiger partial charge in [-0.3, -0.25) is 19.4 Å². The molecule has 12 heteroatoms. The summed E-state index contributed by atoms with van der Waals surface area (Å²) in [5, 5.41) is 0. The SMILES string of the molecule is O=C(OCc1ccccc1)c1nc([C@@H]2CCCN2C(=O)[C@@H](c2ccccc2)N2CCCCC2)[nH]c1-c1ccc(-c2ccc(-c3cnc([C@@H]4CCCN4C(=O)C(c4ccccc4)N4CCCCC4)[nH]3)cc2)cc1. The van der Waals surface area contributed by atoms with E-state index in [4.69, 9.17) is 14.7 Å². The molecule has 1 unspecified atom stereocenters. The molecule has 5 aromatic carbocycles. The Bertz CT molecular complexity index is 2930. The van der Waals surface area contributed by atoms with Gasteiger partial charge in [0.2, 0.25) is 11.8 Å². The van der Waals surface area contributed by atoms with Gasteiger partial charge >= 0.3 is 5.97 Å². The van der Waals surface area contributed by atoms with Crippen molar-refractivity contribution in [3.63, 3.8) is 0 Å². The normalized spacial score (nSPS) is 19.6. The summed E-state index contributed by atoms with van der Waals surface area (Å²) in [5.74, 6) is 1.14. The highest BCUT2D eigenvalue weighted by atomic mass is 16.5. The Hall–Kier alpha value is -7.15. The van der Waals surface area contributed by atoms with Gasteiger partial charge in [0.1, 0.15) is 30.3 Å². The van der Waals surface area contributed by atoms with Crippen molar-refractivity contribution in [2.45, 2.75) is 95.0 Å². The number of amides is 2. The second-order valence-electron chi connectivity index (χ2n) is 19.9. The fourth-order valence-electron chi connectivity index (χ4n) is 11.6. The van der Waals surface area contributed by atoms with E-state index in [-0.39, 0.29) is 48.3 Å². The summed E-state index contributed by atoms with van der Waals surface area (Å²) in [4.78, 5) is 69.1. The van der Waals surface area contributed by atoms with Crippen LogP contribution in [0.2, 0.25) is 0 Å². The lowest BCUT2D eigenvalue weighted by atomic mass is 10.00. The molecule has 4 aliphatic rings. The first-order valence-electron chi connectivity index (χ1n) is 26.2. The van der Waals surface area contributed by atoms with Gasteiger partial charge in [-0.15, -0.1) is 0 Å². The van der Waals surface area contributed by atoms with Gasteiger partial charge in [0.05, 0.1) is 29.7 Å². The summed E-state index contributed by atoms with van der Waals surface area (Å²) in [6.07, 6.45) is 12.1. The maximum absolute atomic E-state index is 14.8. The predicted octanol–water partition coefficient (Wildman–Crippen LogP) is 11.3. The number of nitrogens with zero attached hydrogens (tertiary/aromatic N) is 6. The Morgan fingerprint density at radius 1 is 0.514 bits per heavy atom. The number of hydrogen-bond donors (Lipinski definition) is 2. The first kappa shape index (κ1) is 47.2. The molecule has 4 saturated heterocycles. The van der Waals surface area contributed by atoms with Crippen LogP contribution in [0.4, 0.5) is 0 Å². The number of imidazole rings is 2. The van der Waals surface area contributed by atoms with E-state index in [2.05, 4.69) is 85.3 Å². The van der Waals surface area contributed by atoms with Crippen molar-refractivity contribution in [2.75, 3.05) is 39.3 Å². The molecule has 12 nitrogen and oxygen atoms in total. The fraction of sp³-hybridized carbons (Fsp3) is 0.350.